The highest BCUT2D eigenvalue weighted by Gasteiger charge is 2.28. The van der Waals surface area contributed by atoms with Crippen LogP contribution in [0.25, 0.3) is 0 Å². The van der Waals surface area contributed by atoms with E-state index in [9.17, 15) is 18.4 Å². The highest BCUT2D eigenvalue weighted by molar-refractivity contribution is 7.13. The number of nitrogens with zero attached hydrogens (tertiary/aromatic N) is 3. The molecule has 4 rings (SSSR count). The van der Waals surface area contributed by atoms with Gasteiger partial charge in [0.15, 0.2) is 0 Å². The Morgan fingerprint density at radius 2 is 1.87 bits per heavy atom. The van der Waals surface area contributed by atoms with Crippen molar-refractivity contribution in [2.45, 2.75) is 18.8 Å². The Balaban J connectivity index is 1.43. The van der Waals surface area contributed by atoms with Crippen molar-refractivity contribution < 1.29 is 18.4 Å². The molecule has 154 valence electrons. The van der Waals surface area contributed by atoms with Gasteiger partial charge in [0.25, 0.3) is 11.8 Å². The average Bonchev–Trinajstić information content (AvgIpc) is 3.25. The van der Waals surface area contributed by atoms with Crippen molar-refractivity contribution in [1.29, 1.82) is 0 Å². The highest BCUT2D eigenvalue weighted by Crippen LogP contribution is 2.30. The van der Waals surface area contributed by atoms with Gasteiger partial charge in [-0.1, -0.05) is 17.4 Å². The molecular formula is C21H18F2N4O2S. The number of halogens is 2. The average molecular weight is 428 g/mol. The summed E-state index contributed by atoms with van der Waals surface area (Å²) in [6.45, 7) is 1.02. The molecule has 2 heterocycles. The smallest absolute Gasteiger partial charge is 0.286 e. The third-order valence-corrected chi connectivity index (χ3v) is 5.95. The molecule has 1 aliphatic heterocycles. The predicted octanol–water partition coefficient (Wildman–Crippen LogP) is 4.09. The molecule has 1 fully saturated rings. The van der Waals surface area contributed by atoms with Crippen LogP contribution in [0.1, 0.15) is 43.9 Å². The monoisotopic (exact) mass is 428 g/mol. The van der Waals surface area contributed by atoms with E-state index in [2.05, 4.69) is 15.5 Å². The fourth-order valence-electron chi connectivity index (χ4n) is 3.38. The molecule has 6 nitrogen and oxygen atoms in total. The minimum Gasteiger partial charge on any atom is -0.338 e. The van der Waals surface area contributed by atoms with Crippen LogP contribution in [0, 0.1) is 11.6 Å². The minimum atomic E-state index is -0.449. The van der Waals surface area contributed by atoms with Gasteiger partial charge in [0, 0.05) is 30.3 Å². The molecule has 1 aromatic heterocycles. The first kappa shape index (κ1) is 20.1. The normalized spacial score (nSPS) is 16.3. The van der Waals surface area contributed by atoms with Crippen molar-refractivity contribution in [3.8, 4) is 0 Å². The zero-order chi connectivity index (χ0) is 21.1. The molecule has 30 heavy (non-hydrogen) atoms. The molecule has 2 amide bonds. The molecule has 1 N–H and O–H groups in total. The summed E-state index contributed by atoms with van der Waals surface area (Å²) in [5, 5.41) is 11.7. The van der Waals surface area contributed by atoms with Gasteiger partial charge in [-0.15, -0.1) is 10.2 Å². The fourth-order valence-corrected chi connectivity index (χ4v) is 4.24. The van der Waals surface area contributed by atoms with Gasteiger partial charge in [-0.25, -0.2) is 8.78 Å². The van der Waals surface area contributed by atoms with E-state index < -0.39 is 11.7 Å². The van der Waals surface area contributed by atoms with E-state index in [0.29, 0.717) is 29.3 Å². The third kappa shape index (κ3) is 4.51. The zero-order valence-electron chi connectivity index (χ0n) is 15.8. The number of hydrogen-bond acceptors (Lipinski definition) is 5. The molecular weight excluding hydrogens is 410 g/mol. The maximum atomic E-state index is 13.4. The second kappa shape index (κ2) is 8.66. The summed E-state index contributed by atoms with van der Waals surface area (Å²) in [6.07, 6.45) is 1.60. The summed E-state index contributed by atoms with van der Waals surface area (Å²) in [4.78, 5) is 26.8. The van der Waals surface area contributed by atoms with E-state index in [0.717, 1.165) is 12.8 Å². The Labute approximate surface area is 175 Å². The minimum absolute atomic E-state index is 0.0406. The van der Waals surface area contributed by atoms with Crippen LogP contribution in [0.4, 0.5) is 14.5 Å². The second-order valence-corrected chi connectivity index (χ2v) is 8.02. The number of rotatable bonds is 4. The first-order chi connectivity index (χ1) is 14.5. The van der Waals surface area contributed by atoms with Gasteiger partial charge in [-0.3, -0.25) is 9.59 Å². The Morgan fingerprint density at radius 3 is 2.63 bits per heavy atom. The van der Waals surface area contributed by atoms with E-state index in [4.69, 9.17) is 0 Å². The number of carbonyl (C=O) groups excluding carboxylic acids is 2. The van der Waals surface area contributed by atoms with Crippen LogP contribution < -0.4 is 5.32 Å². The van der Waals surface area contributed by atoms with E-state index in [1.807, 2.05) is 0 Å². The highest BCUT2D eigenvalue weighted by atomic mass is 32.1. The molecule has 0 spiro atoms. The first-order valence-corrected chi connectivity index (χ1v) is 10.3. The molecule has 0 bridgehead atoms. The van der Waals surface area contributed by atoms with Crippen LogP contribution >= 0.6 is 11.3 Å². The molecule has 1 unspecified atom stereocenters. The number of benzene rings is 2. The molecule has 1 atom stereocenters. The lowest BCUT2D eigenvalue weighted by molar-refractivity contribution is 0.0706. The van der Waals surface area contributed by atoms with Crippen molar-refractivity contribution in [2.75, 3.05) is 18.4 Å². The number of piperidine rings is 1. The van der Waals surface area contributed by atoms with Gasteiger partial charge < -0.3 is 10.2 Å². The number of likely N-dealkylation sites (tertiary alicyclic amines) is 1. The Hall–Kier alpha value is -3.20. The third-order valence-electron chi connectivity index (χ3n) is 4.87. The molecule has 1 saturated heterocycles. The van der Waals surface area contributed by atoms with Crippen LogP contribution in [-0.4, -0.2) is 40.0 Å². The standard InChI is InChI=1S/C21H18F2N4O2S/c22-15-6-8-17(9-7-15)24-18(28)20-26-25-19(30-20)14-4-2-10-27(12-14)21(29)13-3-1-5-16(23)11-13/h1,3,5-9,11,14H,2,4,10,12H2,(H,24,28). The van der Waals surface area contributed by atoms with E-state index in [1.165, 1.54) is 53.8 Å². The molecule has 0 radical (unpaired) electrons. The van der Waals surface area contributed by atoms with Crippen molar-refractivity contribution in [1.82, 2.24) is 15.1 Å². The molecule has 0 saturated carbocycles. The van der Waals surface area contributed by atoms with E-state index in [-0.39, 0.29) is 22.6 Å². The quantitative estimate of drug-likeness (QED) is 0.679. The Kier molecular flexibility index (Phi) is 5.80. The van der Waals surface area contributed by atoms with Gasteiger partial charge in [0.05, 0.1) is 0 Å². The van der Waals surface area contributed by atoms with E-state index >= 15 is 0 Å². The largest absolute Gasteiger partial charge is 0.338 e. The van der Waals surface area contributed by atoms with Crippen molar-refractivity contribution in [2.24, 2.45) is 0 Å². The lowest BCUT2D eigenvalue weighted by Crippen LogP contribution is -2.39. The number of hydrogen-bond donors (Lipinski definition) is 1. The number of nitrogens with one attached hydrogen (secondary N) is 1. The number of amides is 2. The summed E-state index contributed by atoms with van der Waals surface area (Å²) in [7, 11) is 0. The van der Waals surface area contributed by atoms with Crippen molar-refractivity contribution in [3.63, 3.8) is 0 Å². The summed E-state index contributed by atoms with van der Waals surface area (Å²) in [6, 6.07) is 11.1. The Bertz CT molecular complexity index is 1070. The van der Waals surface area contributed by atoms with Gasteiger partial charge in [-0.2, -0.15) is 0 Å². The lowest BCUT2D eigenvalue weighted by Gasteiger charge is -2.31. The number of aromatic nitrogens is 2. The van der Waals surface area contributed by atoms with Crippen LogP contribution in [0.15, 0.2) is 48.5 Å². The number of anilines is 1. The van der Waals surface area contributed by atoms with Gasteiger partial charge in [0.1, 0.15) is 16.6 Å². The van der Waals surface area contributed by atoms with Gasteiger partial charge in [0.2, 0.25) is 5.01 Å². The Morgan fingerprint density at radius 1 is 1.07 bits per heavy atom. The van der Waals surface area contributed by atoms with Crippen LogP contribution in [0.3, 0.4) is 0 Å². The van der Waals surface area contributed by atoms with Gasteiger partial charge in [-0.05, 0) is 55.3 Å². The summed E-state index contributed by atoms with van der Waals surface area (Å²) in [5.74, 6) is -1.52. The topological polar surface area (TPSA) is 75.2 Å². The summed E-state index contributed by atoms with van der Waals surface area (Å²) in [5.41, 5.74) is 0.773. The van der Waals surface area contributed by atoms with E-state index in [1.54, 1.807) is 11.0 Å². The lowest BCUT2D eigenvalue weighted by atomic mass is 9.98. The molecule has 3 aromatic rings. The maximum Gasteiger partial charge on any atom is 0.286 e. The van der Waals surface area contributed by atoms with Crippen LogP contribution in [0.5, 0.6) is 0 Å². The van der Waals surface area contributed by atoms with Gasteiger partial charge >= 0.3 is 0 Å². The van der Waals surface area contributed by atoms with Crippen LogP contribution in [-0.2, 0) is 0 Å². The van der Waals surface area contributed by atoms with Crippen molar-refractivity contribution >= 4 is 28.8 Å². The molecule has 2 aromatic carbocycles. The zero-order valence-corrected chi connectivity index (χ0v) is 16.7. The fraction of sp³-hybridized carbons (Fsp3) is 0.238. The van der Waals surface area contributed by atoms with Crippen LogP contribution in [0.2, 0.25) is 0 Å². The SMILES string of the molecule is O=C(Nc1ccc(F)cc1)c1nnc(C2CCCN(C(=O)c3cccc(F)c3)C2)s1. The maximum absolute atomic E-state index is 13.4. The number of carbonyl (C=O) groups is 2. The molecule has 0 aliphatic carbocycles. The second-order valence-electron chi connectivity index (χ2n) is 7.01. The predicted molar refractivity (Wildman–Crippen MR) is 109 cm³/mol. The summed E-state index contributed by atoms with van der Waals surface area (Å²) >= 11 is 1.18. The summed E-state index contributed by atoms with van der Waals surface area (Å²) < 4.78 is 26.4. The molecule has 1 aliphatic rings. The first-order valence-electron chi connectivity index (χ1n) is 9.45. The van der Waals surface area contributed by atoms with Crippen molar-refractivity contribution in [3.05, 3.63) is 75.7 Å². The molecule has 9 heteroatoms.